The third-order valence-electron chi connectivity index (χ3n) is 4.49. The number of rotatable bonds is 4. The van der Waals surface area contributed by atoms with E-state index in [1.165, 1.54) is 5.69 Å². The number of benzene rings is 1. The molecule has 1 fully saturated rings. The zero-order valence-corrected chi connectivity index (χ0v) is 16.7. The van der Waals surface area contributed by atoms with Crippen LogP contribution in [0.4, 0.5) is 0 Å². The van der Waals surface area contributed by atoms with Crippen molar-refractivity contribution in [1.82, 2.24) is 19.6 Å². The molecule has 4 rings (SSSR count). The first-order chi connectivity index (χ1) is 14.0. The second-order valence-electron chi connectivity index (χ2n) is 6.33. The van der Waals surface area contributed by atoms with Gasteiger partial charge in [-0.25, -0.2) is 14.6 Å². The fourth-order valence-corrected chi connectivity index (χ4v) is 3.78. The lowest BCUT2D eigenvalue weighted by molar-refractivity contribution is -0.159. The first kappa shape index (κ1) is 20.8. The summed E-state index contributed by atoms with van der Waals surface area (Å²) in [6.45, 7) is 5.21. The van der Waals surface area contributed by atoms with Gasteiger partial charge < -0.3 is 20.3 Å². The van der Waals surface area contributed by atoms with E-state index in [-0.39, 0.29) is 0 Å². The van der Waals surface area contributed by atoms with Gasteiger partial charge in [-0.15, -0.1) is 11.3 Å². The van der Waals surface area contributed by atoms with Crippen LogP contribution in [0.3, 0.4) is 0 Å². The summed E-state index contributed by atoms with van der Waals surface area (Å²) >= 11 is 1.68. The SMILES string of the molecule is COc1ccc(-c2nc3sccn3c2CN2CCNCC2)cc1.O=C(O)C(=O)O. The van der Waals surface area contributed by atoms with E-state index in [2.05, 4.69) is 38.3 Å². The molecule has 3 heterocycles. The van der Waals surface area contributed by atoms with Crippen LogP contribution in [0.1, 0.15) is 5.69 Å². The topological polar surface area (TPSA) is 116 Å². The van der Waals surface area contributed by atoms with E-state index in [0.29, 0.717) is 0 Å². The molecule has 154 valence electrons. The first-order valence-electron chi connectivity index (χ1n) is 8.97. The lowest BCUT2D eigenvalue weighted by atomic mass is 10.1. The largest absolute Gasteiger partial charge is 0.497 e. The number of hydrogen-bond acceptors (Lipinski definition) is 7. The quantitative estimate of drug-likeness (QED) is 0.548. The molecule has 9 nitrogen and oxygen atoms in total. The Morgan fingerprint density at radius 2 is 1.83 bits per heavy atom. The summed E-state index contributed by atoms with van der Waals surface area (Å²) < 4.78 is 7.49. The van der Waals surface area contributed by atoms with Crippen molar-refractivity contribution in [2.24, 2.45) is 0 Å². The van der Waals surface area contributed by atoms with Crippen molar-refractivity contribution >= 4 is 28.2 Å². The van der Waals surface area contributed by atoms with Gasteiger partial charge in [0.2, 0.25) is 0 Å². The number of carbonyl (C=O) groups is 2. The molecule has 0 spiro atoms. The maximum Gasteiger partial charge on any atom is 0.414 e. The van der Waals surface area contributed by atoms with Crippen LogP contribution in [0.5, 0.6) is 5.75 Å². The van der Waals surface area contributed by atoms with Crippen molar-refractivity contribution in [3.63, 3.8) is 0 Å². The average Bonchev–Trinajstić information content (AvgIpc) is 3.32. The molecule has 1 aromatic carbocycles. The molecule has 0 radical (unpaired) electrons. The zero-order valence-electron chi connectivity index (χ0n) is 15.9. The molecule has 0 amide bonds. The minimum absolute atomic E-state index is 0.874. The molecule has 3 N–H and O–H groups in total. The average molecular weight is 418 g/mol. The predicted molar refractivity (Wildman–Crippen MR) is 108 cm³/mol. The van der Waals surface area contributed by atoms with Crippen LogP contribution in [0.15, 0.2) is 35.8 Å². The van der Waals surface area contributed by atoms with E-state index in [1.807, 2.05) is 12.1 Å². The van der Waals surface area contributed by atoms with Gasteiger partial charge in [-0.05, 0) is 24.3 Å². The van der Waals surface area contributed by atoms with Crippen LogP contribution in [0.2, 0.25) is 0 Å². The molecular formula is C19H22N4O5S. The maximum atomic E-state index is 9.10. The minimum atomic E-state index is -1.82. The Labute approximate surface area is 171 Å². The zero-order chi connectivity index (χ0) is 20.8. The lowest BCUT2D eigenvalue weighted by Crippen LogP contribution is -2.43. The van der Waals surface area contributed by atoms with Crippen LogP contribution < -0.4 is 10.1 Å². The fourth-order valence-electron chi connectivity index (χ4n) is 3.04. The number of imidazole rings is 1. The summed E-state index contributed by atoms with van der Waals surface area (Å²) in [5.74, 6) is -2.77. The third-order valence-corrected chi connectivity index (χ3v) is 5.25. The highest BCUT2D eigenvalue weighted by Crippen LogP contribution is 2.29. The maximum absolute atomic E-state index is 9.10. The van der Waals surface area contributed by atoms with Gasteiger partial charge in [0.1, 0.15) is 5.75 Å². The molecule has 0 aliphatic carbocycles. The van der Waals surface area contributed by atoms with Crippen molar-refractivity contribution < 1.29 is 24.5 Å². The molecule has 1 saturated heterocycles. The van der Waals surface area contributed by atoms with Gasteiger partial charge in [0, 0.05) is 49.9 Å². The number of thiazole rings is 1. The number of carboxylic acids is 2. The number of ether oxygens (including phenoxy) is 1. The number of nitrogens with zero attached hydrogens (tertiary/aromatic N) is 3. The smallest absolute Gasteiger partial charge is 0.414 e. The number of aliphatic carboxylic acids is 2. The molecule has 0 bridgehead atoms. The molecule has 3 aromatic rings. The van der Waals surface area contributed by atoms with E-state index < -0.39 is 11.9 Å². The molecule has 2 aromatic heterocycles. The Morgan fingerprint density at radius 3 is 2.41 bits per heavy atom. The number of fused-ring (bicyclic) bond motifs is 1. The van der Waals surface area contributed by atoms with Crippen LogP contribution in [0, 0.1) is 0 Å². The highest BCUT2D eigenvalue weighted by molar-refractivity contribution is 7.15. The number of aromatic nitrogens is 2. The first-order valence-corrected chi connectivity index (χ1v) is 9.85. The molecule has 0 atom stereocenters. The van der Waals surface area contributed by atoms with E-state index in [0.717, 1.165) is 54.7 Å². The number of hydrogen-bond donors (Lipinski definition) is 3. The van der Waals surface area contributed by atoms with Crippen LogP contribution in [-0.4, -0.2) is 69.7 Å². The molecule has 1 aliphatic heterocycles. The Morgan fingerprint density at radius 1 is 1.17 bits per heavy atom. The molecule has 29 heavy (non-hydrogen) atoms. The van der Waals surface area contributed by atoms with E-state index in [9.17, 15) is 0 Å². The van der Waals surface area contributed by atoms with Crippen LogP contribution in [0.25, 0.3) is 16.2 Å². The van der Waals surface area contributed by atoms with Crippen molar-refractivity contribution in [2.75, 3.05) is 33.3 Å². The summed E-state index contributed by atoms with van der Waals surface area (Å²) in [5, 5.41) is 20.3. The van der Waals surface area contributed by atoms with Gasteiger partial charge in [0.15, 0.2) is 4.96 Å². The number of methoxy groups -OCH3 is 1. The van der Waals surface area contributed by atoms with Gasteiger partial charge in [-0.3, -0.25) is 9.30 Å². The van der Waals surface area contributed by atoms with Crippen molar-refractivity contribution in [1.29, 1.82) is 0 Å². The molecule has 10 heteroatoms. The molecular weight excluding hydrogens is 396 g/mol. The predicted octanol–water partition coefficient (Wildman–Crippen LogP) is 1.63. The van der Waals surface area contributed by atoms with Gasteiger partial charge in [0.25, 0.3) is 0 Å². The Balaban J connectivity index is 0.000000353. The molecule has 0 unspecified atom stereocenters. The van der Waals surface area contributed by atoms with Crippen molar-refractivity contribution in [2.45, 2.75) is 6.54 Å². The van der Waals surface area contributed by atoms with Gasteiger partial charge in [-0.2, -0.15) is 0 Å². The summed E-state index contributed by atoms with van der Waals surface area (Å²) in [6.07, 6.45) is 2.12. The van der Waals surface area contributed by atoms with Gasteiger partial charge in [-0.1, -0.05) is 0 Å². The third kappa shape index (κ3) is 5.11. The van der Waals surface area contributed by atoms with E-state index >= 15 is 0 Å². The van der Waals surface area contributed by atoms with Crippen LogP contribution >= 0.6 is 11.3 Å². The normalized spacial score (nSPS) is 14.2. The Kier molecular flexibility index (Phi) is 6.81. The fraction of sp³-hybridized carbons (Fsp3) is 0.316. The Bertz CT molecular complexity index is 964. The van der Waals surface area contributed by atoms with E-state index in [4.69, 9.17) is 29.5 Å². The molecule has 0 saturated carbocycles. The monoisotopic (exact) mass is 418 g/mol. The van der Waals surface area contributed by atoms with Gasteiger partial charge >= 0.3 is 11.9 Å². The highest BCUT2D eigenvalue weighted by Gasteiger charge is 2.19. The number of carboxylic acid groups (broad SMARTS) is 2. The lowest BCUT2D eigenvalue weighted by Gasteiger charge is -2.27. The summed E-state index contributed by atoms with van der Waals surface area (Å²) in [7, 11) is 1.69. The highest BCUT2D eigenvalue weighted by atomic mass is 32.1. The summed E-state index contributed by atoms with van der Waals surface area (Å²) in [5.41, 5.74) is 3.50. The number of nitrogens with one attached hydrogen (secondary N) is 1. The summed E-state index contributed by atoms with van der Waals surface area (Å²) in [4.78, 5) is 26.6. The second-order valence-corrected chi connectivity index (χ2v) is 7.20. The second kappa shape index (κ2) is 9.50. The van der Waals surface area contributed by atoms with E-state index in [1.54, 1.807) is 18.4 Å². The standard InChI is InChI=1S/C17H20N4OS.C2H2O4/c1-22-14-4-2-13(3-5-14)16-15(12-20-8-6-18-7-9-20)21-10-11-23-17(21)19-16;3-1(4)2(5)6/h2-5,10-11,18H,6-9,12H2,1H3;(H,3,4)(H,5,6). The van der Waals surface area contributed by atoms with Gasteiger partial charge in [0.05, 0.1) is 18.5 Å². The van der Waals surface area contributed by atoms with Crippen molar-refractivity contribution in [3.8, 4) is 17.0 Å². The van der Waals surface area contributed by atoms with Crippen LogP contribution in [-0.2, 0) is 16.1 Å². The number of piperazine rings is 1. The summed E-state index contributed by atoms with van der Waals surface area (Å²) in [6, 6.07) is 8.17. The minimum Gasteiger partial charge on any atom is -0.497 e. The Hall–Kier alpha value is -2.95. The molecule has 1 aliphatic rings. The van der Waals surface area contributed by atoms with Crippen molar-refractivity contribution in [3.05, 3.63) is 41.5 Å².